The number of rotatable bonds is 3. The highest BCUT2D eigenvalue weighted by Crippen LogP contribution is 2.32. The minimum Gasteiger partial charge on any atom is -0.319 e. The summed E-state index contributed by atoms with van der Waals surface area (Å²) < 4.78 is 1.97. The van der Waals surface area contributed by atoms with Crippen molar-refractivity contribution in [2.45, 2.75) is 31.8 Å². The van der Waals surface area contributed by atoms with E-state index >= 15 is 0 Å². The minimum atomic E-state index is 0.216. The Hall–Kier alpha value is -1.68. The van der Waals surface area contributed by atoms with E-state index in [1.165, 1.54) is 24.0 Å². The Labute approximate surface area is 107 Å². The molecule has 0 radical (unpaired) electrons. The number of nitrogens with one attached hydrogen (secondary N) is 1. The van der Waals surface area contributed by atoms with Crippen LogP contribution >= 0.6 is 0 Å². The van der Waals surface area contributed by atoms with E-state index in [0.717, 1.165) is 5.82 Å². The molecule has 3 rings (SSSR count). The summed E-state index contributed by atoms with van der Waals surface area (Å²) in [7, 11) is 1.98. The number of nitrogens with zero attached hydrogens (tertiary/aromatic N) is 3. The van der Waals surface area contributed by atoms with E-state index in [1.807, 2.05) is 11.6 Å². The SMILES string of the molecule is CC(NC1CCc2ccccc21)c1nncn1C. The zero-order chi connectivity index (χ0) is 12.5. The normalized spacial score (nSPS) is 19.8. The first-order valence-electron chi connectivity index (χ1n) is 6.43. The summed E-state index contributed by atoms with van der Waals surface area (Å²) in [6.45, 7) is 2.14. The predicted molar refractivity (Wildman–Crippen MR) is 70.1 cm³/mol. The van der Waals surface area contributed by atoms with Gasteiger partial charge in [0, 0.05) is 13.1 Å². The summed E-state index contributed by atoms with van der Waals surface area (Å²) in [5.41, 5.74) is 2.91. The molecule has 18 heavy (non-hydrogen) atoms. The zero-order valence-electron chi connectivity index (χ0n) is 10.8. The van der Waals surface area contributed by atoms with Gasteiger partial charge in [0.15, 0.2) is 0 Å². The molecule has 0 saturated heterocycles. The maximum atomic E-state index is 4.16. The average molecular weight is 242 g/mol. The maximum absolute atomic E-state index is 4.16. The van der Waals surface area contributed by atoms with Gasteiger partial charge < -0.3 is 9.88 Å². The van der Waals surface area contributed by atoms with Gasteiger partial charge in [-0.2, -0.15) is 0 Å². The highest BCUT2D eigenvalue weighted by atomic mass is 15.3. The third kappa shape index (κ3) is 1.93. The van der Waals surface area contributed by atoms with Crippen molar-refractivity contribution in [3.63, 3.8) is 0 Å². The van der Waals surface area contributed by atoms with Crippen molar-refractivity contribution in [3.8, 4) is 0 Å². The van der Waals surface area contributed by atoms with Crippen LogP contribution in [0.15, 0.2) is 30.6 Å². The first-order chi connectivity index (χ1) is 8.75. The molecule has 0 bridgehead atoms. The molecule has 1 aromatic carbocycles. The fourth-order valence-corrected chi connectivity index (χ4v) is 2.79. The van der Waals surface area contributed by atoms with E-state index in [9.17, 15) is 0 Å². The quantitative estimate of drug-likeness (QED) is 0.896. The third-order valence-electron chi connectivity index (χ3n) is 3.72. The topological polar surface area (TPSA) is 42.7 Å². The van der Waals surface area contributed by atoms with Crippen molar-refractivity contribution in [2.75, 3.05) is 0 Å². The summed E-state index contributed by atoms with van der Waals surface area (Å²) >= 11 is 0. The predicted octanol–water partition coefficient (Wildman–Crippen LogP) is 2.15. The Morgan fingerprint density at radius 2 is 2.22 bits per heavy atom. The Kier molecular flexibility index (Phi) is 2.88. The lowest BCUT2D eigenvalue weighted by Gasteiger charge is -2.19. The molecule has 0 aliphatic heterocycles. The summed E-state index contributed by atoms with van der Waals surface area (Å²) in [6.07, 6.45) is 4.08. The standard InChI is InChI=1S/C14H18N4/c1-10(14-17-15-9-18(14)2)16-13-8-7-11-5-3-4-6-12(11)13/h3-6,9-10,13,16H,7-8H2,1-2H3. The van der Waals surface area contributed by atoms with Crippen LogP contribution in [0.3, 0.4) is 0 Å². The van der Waals surface area contributed by atoms with Crippen LogP contribution in [0.4, 0.5) is 0 Å². The van der Waals surface area contributed by atoms with Gasteiger partial charge in [0.1, 0.15) is 12.2 Å². The summed E-state index contributed by atoms with van der Waals surface area (Å²) in [5, 5.41) is 11.8. The van der Waals surface area contributed by atoms with Gasteiger partial charge in [0.25, 0.3) is 0 Å². The second-order valence-corrected chi connectivity index (χ2v) is 4.98. The molecule has 1 heterocycles. The lowest BCUT2D eigenvalue weighted by atomic mass is 10.1. The molecular weight excluding hydrogens is 224 g/mol. The van der Waals surface area contributed by atoms with Gasteiger partial charge in [0.2, 0.25) is 0 Å². The molecule has 0 saturated carbocycles. The summed E-state index contributed by atoms with van der Waals surface area (Å²) in [4.78, 5) is 0. The number of benzene rings is 1. The van der Waals surface area contributed by atoms with Crippen molar-refractivity contribution < 1.29 is 0 Å². The fraction of sp³-hybridized carbons (Fsp3) is 0.429. The van der Waals surface area contributed by atoms with Crippen molar-refractivity contribution in [2.24, 2.45) is 7.05 Å². The molecule has 4 nitrogen and oxygen atoms in total. The molecule has 0 amide bonds. The number of fused-ring (bicyclic) bond motifs is 1. The van der Waals surface area contributed by atoms with E-state index in [0.29, 0.717) is 6.04 Å². The van der Waals surface area contributed by atoms with Crippen LogP contribution in [0.5, 0.6) is 0 Å². The van der Waals surface area contributed by atoms with E-state index in [-0.39, 0.29) is 6.04 Å². The molecule has 1 aromatic heterocycles. The van der Waals surface area contributed by atoms with Gasteiger partial charge in [-0.1, -0.05) is 24.3 Å². The Morgan fingerprint density at radius 3 is 3.00 bits per heavy atom. The fourth-order valence-electron chi connectivity index (χ4n) is 2.79. The van der Waals surface area contributed by atoms with Crippen LogP contribution in [0.1, 0.15) is 42.4 Å². The Morgan fingerprint density at radius 1 is 1.39 bits per heavy atom. The number of aryl methyl sites for hydroxylation is 2. The molecule has 0 spiro atoms. The van der Waals surface area contributed by atoms with Gasteiger partial charge in [-0.05, 0) is 30.9 Å². The third-order valence-corrected chi connectivity index (χ3v) is 3.72. The van der Waals surface area contributed by atoms with Crippen LogP contribution < -0.4 is 5.32 Å². The van der Waals surface area contributed by atoms with Crippen LogP contribution in [0, 0.1) is 0 Å². The average Bonchev–Trinajstić information content (AvgIpc) is 2.97. The van der Waals surface area contributed by atoms with Gasteiger partial charge in [-0.3, -0.25) is 0 Å². The lowest BCUT2D eigenvalue weighted by Crippen LogP contribution is -2.25. The van der Waals surface area contributed by atoms with Crippen LogP contribution in [-0.2, 0) is 13.5 Å². The van der Waals surface area contributed by atoms with Crippen molar-refractivity contribution in [1.29, 1.82) is 0 Å². The molecule has 0 fully saturated rings. The number of hydrogen-bond acceptors (Lipinski definition) is 3. The molecular formula is C14H18N4. The van der Waals surface area contributed by atoms with Crippen LogP contribution in [-0.4, -0.2) is 14.8 Å². The van der Waals surface area contributed by atoms with E-state index in [4.69, 9.17) is 0 Å². The molecule has 2 unspecified atom stereocenters. The molecule has 4 heteroatoms. The minimum absolute atomic E-state index is 0.216. The highest BCUT2D eigenvalue weighted by Gasteiger charge is 2.24. The smallest absolute Gasteiger partial charge is 0.149 e. The summed E-state index contributed by atoms with van der Waals surface area (Å²) in [5.74, 6) is 0.986. The molecule has 1 aliphatic rings. The number of hydrogen-bond donors (Lipinski definition) is 1. The highest BCUT2D eigenvalue weighted by molar-refractivity contribution is 5.34. The molecule has 1 aliphatic carbocycles. The maximum Gasteiger partial charge on any atom is 0.149 e. The first-order valence-corrected chi connectivity index (χ1v) is 6.43. The van der Waals surface area contributed by atoms with Gasteiger partial charge >= 0.3 is 0 Å². The summed E-state index contributed by atoms with van der Waals surface area (Å²) in [6, 6.07) is 9.34. The monoisotopic (exact) mass is 242 g/mol. The van der Waals surface area contributed by atoms with Crippen LogP contribution in [0.25, 0.3) is 0 Å². The van der Waals surface area contributed by atoms with Crippen molar-refractivity contribution in [3.05, 3.63) is 47.5 Å². The number of aromatic nitrogens is 3. The second-order valence-electron chi connectivity index (χ2n) is 4.98. The second kappa shape index (κ2) is 4.53. The Balaban J connectivity index is 1.77. The Bertz CT molecular complexity index is 546. The van der Waals surface area contributed by atoms with Gasteiger partial charge in [0.05, 0.1) is 6.04 Å². The molecule has 2 atom stereocenters. The van der Waals surface area contributed by atoms with Gasteiger partial charge in [-0.15, -0.1) is 10.2 Å². The first kappa shape index (κ1) is 11.4. The van der Waals surface area contributed by atoms with Gasteiger partial charge in [-0.25, -0.2) is 0 Å². The van der Waals surface area contributed by atoms with E-state index < -0.39 is 0 Å². The lowest BCUT2D eigenvalue weighted by molar-refractivity contribution is 0.442. The molecule has 2 aromatic rings. The largest absolute Gasteiger partial charge is 0.319 e. The zero-order valence-corrected chi connectivity index (χ0v) is 10.8. The van der Waals surface area contributed by atoms with E-state index in [2.05, 4.69) is 46.7 Å². The molecule has 1 N–H and O–H groups in total. The molecule has 94 valence electrons. The van der Waals surface area contributed by atoms with Crippen molar-refractivity contribution in [1.82, 2.24) is 20.1 Å². The van der Waals surface area contributed by atoms with Crippen molar-refractivity contribution >= 4 is 0 Å². The van der Waals surface area contributed by atoms with E-state index in [1.54, 1.807) is 6.33 Å². The van der Waals surface area contributed by atoms with Crippen LogP contribution in [0.2, 0.25) is 0 Å².